The first-order chi connectivity index (χ1) is 9.04. The van der Waals surface area contributed by atoms with E-state index in [4.69, 9.17) is 5.11 Å². The summed E-state index contributed by atoms with van der Waals surface area (Å²) in [5.74, 6) is -2.60. The first-order valence-corrected chi connectivity index (χ1v) is 5.75. The first-order valence-electron chi connectivity index (χ1n) is 5.75. The molecule has 1 atom stereocenters. The Hall–Kier alpha value is -2.37. The van der Waals surface area contributed by atoms with Gasteiger partial charge in [-0.3, -0.25) is 9.59 Å². The predicted octanol–water partition coefficient (Wildman–Crippen LogP) is 0.911. The Kier molecular flexibility index (Phi) is 3.50. The van der Waals surface area contributed by atoms with Crippen LogP contribution in [-0.4, -0.2) is 36.6 Å². The third kappa shape index (κ3) is 2.42. The van der Waals surface area contributed by atoms with Crippen LogP contribution in [0, 0.1) is 5.92 Å². The van der Waals surface area contributed by atoms with Gasteiger partial charge in [-0.05, 0) is 12.1 Å². The van der Waals surface area contributed by atoms with Crippen molar-refractivity contribution >= 4 is 23.5 Å². The van der Waals surface area contributed by atoms with Crippen LogP contribution in [0.25, 0.3) is 0 Å². The van der Waals surface area contributed by atoms with Gasteiger partial charge in [-0.15, -0.1) is 0 Å². The molecule has 1 aliphatic heterocycles. The van der Waals surface area contributed by atoms with Gasteiger partial charge in [-0.25, -0.2) is 4.79 Å². The normalized spacial score (nSPS) is 18.5. The Bertz CT molecular complexity index is 540. The number of hydrogen-bond acceptors (Lipinski definition) is 4. The summed E-state index contributed by atoms with van der Waals surface area (Å²) in [4.78, 5) is 35.8. The standard InChI is InChI=1S/C13H13NO5/c1-19-13(18)9-4-2-3-5-10(9)14-7-8(12(16)17)6-11(14)15/h2-5,8H,6-7H2,1H3,(H,16,17)/t8-/m0/s1. The molecule has 1 aliphatic rings. The smallest absolute Gasteiger partial charge is 0.339 e. The molecule has 1 aromatic rings. The summed E-state index contributed by atoms with van der Waals surface area (Å²) >= 11 is 0. The zero-order chi connectivity index (χ0) is 14.0. The van der Waals surface area contributed by atoms with Crippen LogP contribution in [0.2, 0.25) is 0 Å². The van der Waals surface area contributed by atoms with Crippen LogP contribution in [0.1, 0.15) is 16.8 Å². The van der Waals surface area contributed by atoms with Crippen molar-refractivity contribution in [1.29, 1.82) is 0 Å². The number of hydrogen-bond donors (Lipinski definition) is 1. The Morgan fingerprint density at radius 3 is 2.63 bits per heavy atom. The second kappa shape index (κ2) is 5.09. The van der Waals surface area contributed by atoms with Crippen LogP contribution in [0.15, 0.2) is 24.3 Å². The molecule has 19 heavy (non-hydrogen) atoms. The number of benzene rings is 1. The molecule has 0 aliphatic carbocycles. The minimum absolute atomic E-state index is 0.0508. The van der Waals surface area contributed by atoms with E-state index in [1.54, 1.807) is 24.3 Å². The third-order valence-electron chi connectivity index (χ3n) is 3.07. The number of methoxy groups -OCH3 is 1. The number of esters is 1. The summed E-state index contributed by atoms with van der Waals surface area (Å²) in [5, 5.41) is 8.95. The number of carboxylic acids is 1. The minimum Gasteiger partial charge on any atom is -0.481 e. The molecule has 1 heterocycles. The highest BCUT2D eigenvalue weighted by Crippen LogP contribution is 2.28. The predicted molar refractivity (Wildman–Crippen MR) is 65.9 cm³/mol. The molecule has 0 unspecified atom stereocenters. The van der Waals surface area contributed by atoms with Crippen LogP contribution in [0.5, 0.6) is 0 Å². The number of para-hydroxylation sites is 1. The summed E-state index contributed by atoms with van der Waals surface area (Å²) in [5.41, 5.74) is 0.646. The number of ether oxygens (including phenoxy) is 1. The summed E-state index contributed by atoms with van der Waals surface area (Å²) in [6.07, 6.45) is -0.0508. The molecule has 0 aromatic heterocycles. The molecule has 0 radical (unpaired) electrons. The minimum atomic E-state index is -1.01. The maximum atomic E-state index is 11.9. The maximum absolute atomic E-state index is 11.9. The van der Waals surface area contributed by atoms with Crippen molar-refractivity contribution in [1.82, 2.24) is 0 Å². The number of carboxylic acid groups (broad SMARTS) is 1. The van der Waals surface area contributed by atoms with E-state index in [-0.39, 0.29) is 24.4 Å². The summed E-state index contributed by atoms with van der Waals surface area (Å²) in [7, 11) is 1.25. The van der Waals surface area contributed by atoms with Gasteiger partial charge >= 0.3 is 11.9 Å². The number of carbonyl (C=O) groups excluding carboxylic acids is 2. The zero-order valence-electron chi connectivity index (χ0n) is 10.3. The van der Waals surface area contributed by atoms with Gasteiger partial charge in [-0.2, -0.15) is 0 Å². The second-order valence-electron chi connectivity index (χ2n) is 4.25. The quantitative estimate of drug-likeness (QED) is 0.819. The molecule has 6 nitrogen and oxygen atoms in total. The van der Waals surface area contributed by atoms with E-state index in [0.717, 1.165) is 0 Å². The van der Waals surface area contributed by atoms with E-state index in [1.807, 2.05) is 0 Å². The molecule has 0 bridgehead atoms. The zero-order valence-corrected chi connectivity index (χ0v) is 10.3. The Balaban J connectivity index is 2.35. The van der Waals surface area contributed by atoms with Gasteiger partial charge < -0.3 is 14.7 Å². The molecule has 1 amide bonds. The summed E-state index contributed by atoms with van der Waals surface area (Å²) < 4.78 is 4.65. The van der Waals surface area contributed by atoms with Gasteiger partial charge in [0.05, 0.1) is 24.3 Å². The number of rotatable bonds is 3. The van der Waals surface area contributed by atoms with Crippen LogP contribution in [0.3, 0.4) is 0 Å². The largest absolute Gasteiger partial charge is 0.481 e. The molecule has 1 N–H and O–H groups in total. The van der Waals surface area contributed by atoms with Gasteiger partial charge in [-0.1, -0.05) is 12.1 Å². The van der Waals surface area contributed by atoms with Crippen molar-refractivity contribution in [3.8, 4) is 0 Å². The SMILES string of the molecule is COC(=O)c1ccccc1N1C[C@@H](C(=O)O)CC1=O. The van der Waals surface area contributed by atoms with Crippen molar-refractivity contribution in [3.05, 3.63) is 29.8 Å². The molecular weight excluding hydrogens is 250 g/mol. The summed E-state index contributed by atoms with van der Waals surface area (Å²) in [6.45, 7) is 0.0716. The maximum Gasteiger partial charge on any atom is 0.339 e. The number of carbonyl (C=O) groups is 3. The lowest BCUT2D eigenvalue weighted by Gasteiger charge is -2.18. The average Bonchev–Trinajstić information content (AvgIpc) is 2.80. The lowest BCUT2D eigenvalue weighted by molar-refractivity contribution is -0.141. The molecule has 1 aromatic carbocycles. The van der Waals surface area contributed by atoms with E-state index in [9.17, 15) is 14.4 Å². The fourth-order valence-electron chi connectivity index (χ4n) is 2.10. The van der Waals surface area contributed by atoms with Crippen LogP contribution in [0.4, 0.5) is 5.69 Å². The Morgan fingerprint density at radius 1 is 1.37 bits per heavy atom. The molecule has 1 saturated heterocycles. The topological polar surface area (TPSA) is 83.9 Å². The molecule has 2 rings (SSSR count). The van der Waals surface area contributed by atoms with Gasteiger partial charge in [0, 0.05) is 13.0 Å². The van der Waals surface area contributed by atoms with Crippen molar-refractivity contribution in [2.75, 3.05) is 18.6 Å². The molecule has 6 heteroatoms. The van der Waals surface area contributed by atoms with Crippen LogP contribution >= 0.6 is 0 Å². The lowest BCUT2D eigenvalue weighted by atomic mass is 10.1. The van der Waals surface area contributed by atoms with E-state index >= 15 is 0 Å². The number of amides is 1. The van der Waals surface area contributed by atoms with Crippen molar-refractivity contribution in [3.63, 3.8) is 0 Å². The number of aliphatic carboxylic acids is 1. The van der Waals surface area contributed by atoms with E-state index in [1.165, 1.54) is 12.0 Å². The van der Waals surface area contributed by atoms with Gasteiger partial charge in [0.2, 0.25) is 5.91 Å². The highest BCUT2D eigenvalue weighted by molar-refractivity contribution is 6.05. The van der Waals surface area contributed by atoms with Crippen molar-refractivity contribution < 1.29 is 24.2 Å². The molecule has 0 spiro atoms. The van der Waals surface area contributed by atoms with Crippen LogP contribution in [-0.2, 0) is 14.3 Å². The lowest BCUT2D eigenvalue weighted by Crippen LogP contribution is -2.27. The third-order valence-corrected chi connectivity index (χ3v) is 3.07. The highest BCUT2D eigenvalue weighted by Gasteiger charge is 2.36. The van der Waals surface area contributed by atoms with E-state index in [0.29, 0.717) is 5.69 Å². The first kappa shape index (κ1) is 13.1. The number of anilines is 1. The molecule has 100 valence electrons. The highest BCUT2D eigenvalue weighted by atomic mass is 16.5. The Labute approximate surface area is 109 Å². The van der Waals surface area contributed by atoms with E-state index < -0.39 is 17.9 Å². The molecule has 1 fully saturated rings. The average molecular weight is 263 g/mol. The molecular formula is C13H13NO5. The Morgan fingerprint density at radius 2 is 2.05 bits per heavy atom. The van der Waals surface area contributed by atoms with Crippen molar-refractivity contribution in [2.24, 2.45) is 5.92 Å². The second-order valence-corrected chi connectivity index (χ2v) is 4.25. The molecule has 0 saturated carbocycles. The van der Waals surface area contributed by atoms with Gasteiger partial charge in [0.1, 0.15) is 0 Å². The fraction of sp³-hybridized carbons (Fsp3) is 0.308. The summed E-state index contributed by atoms with van der Waals surface area (Å²) in [6, 6.07) is 6.49. The van der Waals surface area contributed by atoms with E-state index in [2.05, 4.69) is 4.74 Å². The van der Waals surface area contributed by atoms with Gasteiger partial charge in [0.25, 0.3) is 0 Å². The van der Waals surface area contributed by atoms with Gasteiger partial charge in [0.15, 0.2) is 0 Å². The monoisotopic (exact) mass is 263 g/mol. The number of nitrogens with zero attached hydrogens (tertiary/aromatic N) is 1. The fourth-order valence-corrected chi connectivity index (χ4v) is 2.10. The van der Waals surface area contributed by atoms with Crippen LogP contribution < -0.4 is 4.90 Å². The van der Waals surface area contributed by atoms with Crippen molar-refractivity contribution in [2.45, 2.75) is 6.42 Å².